The lowest BCUT2D eigenvalue weighted by Gasteiger charge is -2.12. The molecule has 0 aromatic heterocycles. The van der Waals surface area contributed by atoms with Gasteiger partial charge in [0.25, 0.3) is 0 Å². The van der Waals surface area contributed by atoms with Gasteiger partial charge in [0.15, 0.2) is 0 Å². The summed E-state index contributed by atoms with van der Waals surface area (Å²) in [6.07, 6.45) is 8.41. The Hall–Kier alpha value is -2.09. The van der Waals surface area contributed by atoms with Crippen molar-refractivity contribution < 1.29 is 4.74 Å². The lowest BCUT2D eigenvalue weighted by Crippen LogP contribution is -2.00. The number of aryl methyl sites for hydroxylation is 1. The molecule has 0 atom stereocenters. The van der Waals surface area contributed by atoms with Crippen LogP contribution in [0.3, 0.4) is 0 Å². The molecule has 0 amide bonds. The maximum atomic E-state index is 5.96. The Kier molecular flexibility index (Phi) is 8.40. The Balaban J connectivity index is 1.79. The van der Waals surface area contributed by atoms with Gasteiger partial charge >= 0.3 is 0 Å². The van der Waals surface area contributed by atoms with Crippen LogP contribution in [-0.4, -0.2) is 12.8 Å². The van der Waals surface area contributed by atoms with E-state index in [0.29, 0.717) is 6.61 Å². The monoisotopic (exact) mass is 351 g/mol. The molecule has 26 heavy (non-hydrogen) atoms. The van der Waals surface area contributed by atoms with Crippen LogP contribution in [0.2, 0.25) is 0 Å². The van der Waals surface area contributed by atoms with Crippen molar-refractivity contribution >= 4 is 6.21 Å². The van der Waals surface area contributed by atoms with Crippen LogP contribution in [0.15, 0.2) is 41.4 Å². The highest BCUT2D eigenvalue weighted by atomic mass is 16.5. The first-order valence-electron chi connectivity index (χ1n) is 9.90. The number of ether oxygens (including phenoxy) is 1. The lowest BCUT2D eigenvalue weighted by atomic mass is 9.99. The molecule has 0 saturated heterocycles. The normalized spacial score (nSPS) is 11.2. The van der Waals surface area contributed by atoms with Crippen LogP contribution in [0.5, 0.6) is 5.75 Å². The number of aliphatic imine (C=N–C) groups is 1. The molecule has 0 bridgehead atoms. The summed E-state index contributed by atoms with van der Waals surface area (Å²) in [6.45, 7) is 10.3. The molecular weight excluding hydrogens is 318 g/mol. The van der Waals surface area contributed by atoms with Gasteiger partial charge in [0.05, 0.1) is 0 Å². The fourth-order valence-electron chi connectivity index (χ4n) is 2.96. The van der Waals surface area contributed by atoms with Crippen molar-refractivity contribution in [1.29, 1.82) is 0 Å². The van der Waals surface area contributed by atoms with Crippen LogP contribution in [0.1, 0.15) is 66.8 Å². The largest absolute Gasteiger partial charge is 0.489 e. The number of benzene rings is 2. The van der Waals surface area contributed by atoms with E-state index in [-0.39, 0.29) is 0 Å². The van der Waals surface area contributed by atoms with Crippen molar-refractivity contribution in [3.63, 3.8) is 0 Å². The molecule has 0 unspecified atom stereocenters. The summed E-state index contributed by atoms with van der Waals surface area (Å²) >= 11 is 0. The van der Waals surface area contributed by atoms with E-state index < -0.39 is 0 Å². The molecule has 140 valence electrons. The lowest BCUT2D eigenvalue weighted by molar-refractivity contribution is 0.305. The third-order valence-corrected chi connectivity index (χ3v) is 5.08. The highest BCUT2D eigenvalue weighted by Gasteiger charge is 2.04. The zero-order valence-corrected chi connectivity index (χ0v) is 16.8. The smallest absolute Gasteiger partial charge is 0.119 e. The predicted molar refractivity (Wildman–Crippen MR) is 113 cm³/mol. The van der Waals surface area contributed by atoms with Gasteiger partial charge < -0.3 is 4.74 Å². The van der Waals surface area contributed by atoms with E-state index in [9.17, 15) is 0 Å². The molecule has 2 aromatic rings. The van der Waals surface area contributed by atoms with Gasteiger partial charge in [-0.05, 0) is 79.3 Å². The van der Waals surface area contributed by atoms with Gasteiger partial charge in [0.1, 0.15) is 12.4 Å². The third kappa shape index (κ3) is 6.33. The second kappa shape index (κ2) is 10.8. The summed E-state index contributed by atoms with van der Waals surface area (Å²) in [4.78, 5) is 4.53. The van der Waals surface area contributed by atoms with Crippen molar-refractivity contribution in [1.82, 2.24) is 0 Å². The number of nitrogens with zero attached hydrogens (tertiary/aromatic N) is 1. The molecule has 2 heteroatoms. The summed E-state index contributed by atoms with van der Waals surface area (Å²) in [5, 5.41) is 0. The summed E-state index contributed by atoms with van der Waals surface area (Å²) in [6, 6.07) is 12.5. The molecule has 2 rings (SSSR count). The fourth-order valence-corrected chi connectivity index (χ4v) is 2.96. The first-order chi connectivity index (χ1) is 12.6. The van der Waals surface area contributed by atoms with Crippen LogP contribution < -0.4 is 4.74 Å². The van der Waals surface area contributed by atoms with E-state index in [4.69, 9.17) is 4.74 Å². The minimum Gasteiger partial charge on any atom is -0.489 e. The molecule has 2 nitrogen and oxygen atoms in total. The topological polar surface area (TPSA) is 21.6 Å². The minimum absolute atomic E-state index is 0.609. The molecule has 0 N–H and O–H groups in total. The Labute approximate surface area is 159 Å². The van der Waals surface area contributed by atoms with Crippen molar-refractivity contribution in [3.8, 4) is 5.75 Å². The van der Waals surface area contributed by atoms with E-state index in [1.807, 2.05) is 18.3 Å². The average molecular weight is 352 g/mol. The SMILES string of the molecule is CCCCCCC/N=C/c1ccc(OCc2ccc(C)c(C)c2C)cc1. The Morgan fingerprint density at radius 2 is 1.58 bits per heavy atom. The summed E-state index contributed by atoms with van der Waals surface area (Å²) in [5.74, 6) is 0.902. The van der Waals surface area contributed by atoms with Gasteiger partial charge in [0, 0.05) is 12.8 Å². The maximum absolute atomic E-state index is 5.96. The number of unbranched alkanes of at least 4 members (excludes halogenated alkanes) is 4. The van der Waals surface area contributed by atoms with Gasteiger partial charge in [-0.25, -0.2) is 0 Å². The van der Waals surface area contributed by atoms with Gasteiger partial charge in [-0.15, -0.1) is 0 Å². The van der Waals surface area contributed by atoms with Crippen molar-refractivity contribution in [2.45, 2.75) is 66.4 Å². The highest BCUT2D eigenvalue weighted by molar-refractivity contribution is 5.79. The quantitative estimate of drug-likeness (QED) is 0.350. The van der Waals surface area contributed by atoms with Crippen molar-refractivity contribution in [2.24, 2.45) is 4.99 Å². The predicted octanol–water partition coefficient (Wildman–Crippen LogP) is 6.58. The van der Waals surface area contributed by atoms with Gasteiger partial charge in [-0.2, -0.15) is 0 Å². The second-order valence-electron chi connectivity index (χ2n) is 7.10. The van der Waals surface area contributed by atoms with E-state index in [2.05, 4.69) is 57.0 Å². The average Bonchev–Trinajstić information content (AvgIpc) is 2.66. The Morgan fingerprint density at radius 1 is 0.846 bits per heavy atom. The summed E-state index contributed by atoms with van der Waals surface area (Å²) < 4.78 is 5.96. The number of hydrogen-bond acceptors (Lipinski definition) is 2. The molecule has 2 aromatic carbocycles. The van der Waals surface area contributed by atoms with E-state index in [1.165, 1.54) is 54.4 Å². The molecule has 0 aliphatic rings. The molecule has 0 spiro atoms. The third-order valence-electron chi connectivity index (χ3n) is 5.08. The van der Waals surface area contributed by atoms with Crippen LogP contribution in [0, 0.1) is 20.8 Å². The Morgan fingerprint density at radius 3 is 2.31 bits per heavy atom. The zero-order valence-electron chi connectivity index (χ0n) is 16.8. The molecule has 0 aliphatic heterocycles. The maximum Gasteiger partial charge on any atom is 0.119 e. The number of rotatable bonds is 10. The highest BCUT2D eigenvalue weighted by Crippen LogP contribution is 2.20. The molecule has 0 aliphatic carbocycles. The zero-order chi connectivity index (χ0) is 18.8. The second-order valence-corrected chi connectivity index (χ2v) is 7.10. The van der Waals surface area contributed by atoms with Crippen LogP contribution in [0.4, 0.5) is 0 Å². The first kappa shape index (κ1) is 20.2. The van der Waals surface area contributed by atoms with E-state index >= 15 is 0 Å². The summed E-state index contributed by atoms with van der Waals surface area (Å²) in [7, 11) is 0. The van der Waals surface area contributed by atoms with Crippen molar-refractivity contribution in [2.75, 3.05) is 6.54 Å². The fraction of sp³-hybridized carbons (Fsp3) is 0.458. The standard InChI is InChI=1S/C24H33NO/c1-5-6-7-8-9-16-25-17-22-11-14-24(15-12-22)26-18-23-13-10-19(2)20(3)21(23)4/h10-15,17H,5-9,16,18H2,1-4H3/b25-17+. The van der Waals surface area contributed by atoms with Gasteiger partial charge in [0.2, 0.25) is 0 Å². The number of hydrogen-bond donors (Lipinski definition) is 0. The van der Waals surface area contributed by atoms with Gasteiger partial charge in [-0.1, -0.05) is 44.7 Å². The summed E-state index contributed by atoms with van der Waals surface area (Å²) in [5.41, 5.74) is 6.40. The van der Waals surface area contributed by atoms with E-state index in [1.54, 1.807) is 0 Å². The van der Waals surface area contributed by atoms with Crippen LogP contribution in [0.25, 0.3) is 0 Å². The van der Waals surface area contributed by atoms with E-state index in [0.717, 1.165) is 17.9 Å². The molecule has 0 radical (unpaired) electrons. The molecule has 0 fully saturated rings. The minimum atomic E-state index is 0.609. The molecule has 0 heterocycles. The van der Waals surface area contributed by atoms with Gasteiger partial charge in [-0.3, -0.25) is 4.99 Å². The van der Waals surface area contributed by atoms with Crippen LogP contribution in [-0.2, 0) is 6.61 Å². The van der Waals surface area contributed by atoms with Crippen LogP contribution >= 0.6 is 0 Å². The molecular formula is C24H33NO. The van der Waals surface area contributed by atoms with Crippen molar-refractivity contribution in [3.05, 3.63) is 64.2 Å². The molecule has 0 saturated carbocycles. The first-order valence-corrected chi connectivity index (χ1v) is 9.90. The Bertz CT molecular complexity index is 701.